The number of nitrogens with two attached hydrogens (primary N) is 5. The number of phenols is 1. The Bertz CT molecular complexity index is 2850. The Hall–Kier alpha value is -5.52. The molecule has 0 bridgehead atoms. The molecule has 0 amide bonds. The van der Waals surface area contributed by atoms with E-state index in [-0.39, 0.29) is 82.7 Å². The van der Waals surface area contributed by atoms with Crippen LogP contribution in [0.15, 0.2) is 148 Å². The molecule has 2 unspecified atom stereocenters. The number of aliphatic hydroxyl groups excluding tert-OH is 2. The van der Waals surface area contributed by atoms with E-state index in [2.05, 4.69) is 46.2 Å². The molecule has 0 aliphatic heterocycles. The summed E-state index contributed by atoms with van der Waals surface area (Å²) in [6, 6.07) is 22.6. The van der Waals surface area contributed by atoms with Crippen LogP contribution in [0.3, 0.4) is 0 Å². The van der Waals surface area contributed by atoms with Gasteiger partial charge in [0, 0.05) is 24.5 Å². The third kappa shape index (κ3) is 15.8. The molecule has 0 aromatic heterocycles. The maximum Gasteiger partial charge on any atom is 1.00 e. The molecule has 6 aromatic carbocycles. The number of anilines is 5. The number of benzene rings is 6. The second-order valence-corrected chi connectivity index (χ2v) is 16.7. The van der Waals surface area contributed by atoms with Crippen molar-refractivity contribution in [2.24, 2.45) is 40.9 Å². The summed E-state index contributed by atoms with van der Waals surface area (Å²) >= 11 is 0. The van der Waals surface area contributed by atoms with Gasteiger partial charge < -0.3 is 58.4 Å². The summed E-state index contributed by atoms with van der Waals surface area (Å²) in [5.74, 6) is -0.979. The fraction of sp³-hybridized carbons (Fsp3) is 0.150. The zero-order chi connectivity index (χ0) is 47.6. The van der Waals surface area contributed by atoms with Crippen molar-refractivity contribution in [3.05, 3.63) is 97.1 Å². The zero-order valence-corrected chi connectivity index (χ0v) is 42.0. The van der Waals surface area contributed by atoms with Crippen molar-refractivity contribution in [2.75, 3.05) is 41.8 Å². The summed E-state index contributed by atoms with van der Waals surface area (Å²) in [4.78, 5) is -2.10. The largest absolute Gasteiger partial charge is 1.00 e. The zero-order valence-electron chi connectivity index (χ0n) is 36.4. The van der Waals surface area contributed by atoms with Gasteiger partial charge in [-0.2, -0.15) is 20.5 Å². The third-order valence-corrected chi connectivity index (χ3v) is 10.3. The molecule has 0 aliphatic rings. The van der Waals surface area contributed by atoms with Crippen LogP contribution in [0.25, 0.3) is 10.8 Å². The summed E-state index contributed by atoms with van der Waals surface area (Å²) in [5, 5.41) is 62.7. The molecule has 6 rings (SSSR count). The topological polar surface area (TPSA) is 416 Å². The molecule has 6 aromatic rings. The second kappa shape index (κ2) is 24.5. The molecular formula is C40H42N14Na2O9S2. The van der Waals surface area contributed by atoms with Crippen LogP contribution in [0.4, 0.5) is 73.9 Å². The molecular weight excluding hydrogens is 931 g/mol. The van der Waals surface area contributed by atoms with E-state index >= 15 is 0 Å². The number of fused-ring (bicyclic) bond motifs is 1. The molecule has 14 N–H and O–H groups in total. The molecule has 0 saturated heterocycles. The van der Waals surface area contributed by atoms with E-state index in [1.165, 1.54) is 60.7 Å². The Balaban J connectivity index is 0.000000980. The fourth-order valence-electron chi connectivity index (χ4n) is 5.53. The average Bonchev–Trinajstić information content (AvgIpc) is 3.22. The smallest absolute Gasteiger partial charge is 0.744 e. The quantitative estimate of drug-likeness (QED) is 0.0321. The average molecular weight is 973 g/mol. The first kappa shape index (κ1) is 55.8. The minimum Gasteiger partial charge on any atom is -0.744 e. The summed E-state index contributed by atoms with van der Waals surface area (Å²) in [6.07, 6.45) is -0.660. The van der Waals surface area contributed by atoms with Gasteiger partial charge in [-0.15, -0.1) is 20.5 Å². The predicted octanol–water partition coefficient (Wildman–Crippen LogP) is 1.27. The molecule has 0 saturated carbocycles. The van der Waals surface area contributed by atoms with Crippen molar-refractivity contribution in [1.29, 1.82) is 0 Å². The van der Waals surface area contributed by atoms with Gasteiger partial charge in [0.2, 0.25) is 0 Å². The number of phenolic OH excluding ortho intramolecular Hbond substituents is 1. The van der Waals surface area contributed by atoms with Crippen LogP contribution in [0.5, 0.6) is 5.75 Å². The molecule has 0 heterocycles. The molecule has 0 spiro atoms. The Morgan fingerprint density at radius 1 is 0.537 bits per heavy atom. The van der Waals surface area contributed by atoms with E-state index in [1.54, 1.807) is 38.1 Å². The monoisotopic (exact) mass is 972 g/mol. The summed E-state index contributed by atoms with van der Waals surface area (Å²) < 4.78 is 74.0. The molecule has 27 heteroatoms. The Labute approximate surface area is 428 Å². The Morgan fingerprint density at radius 3 is 1.22 bits per heavy atom. The first-order valence-electron chi connectivity index (χ1n) is 18.9. The van der Waals surface area contributed by atoms with Crippen LogP contribution in [-0.2, 0) is 20.2 Å². The van der Waals surface area contributed by atoms with E-state index in [4.69, 9.17) is 38.9 Å². The maximum atomic E-state index is 12.3. The molecule has 340 valence electrons. The maximum absolute atomic E-state index is 12.3. The molecule has 0 radical (unpaired) electrons. The van der Waals surface area contributed by atoms with E-state index in [9.17, 15) is 31.0 Å². The van der Waals surface area contributed by atoms with E-state index in [0.29, 0.717) is 70.7 Å². The van der Waals surface area contributed by atoms with Crippen molar-refractivity contribution in [1.82, 2.24) is 5.32 Å². The van der Waals surface area contributed by atoms with Crippen molar-refractivity contribution >= 4 is 105 Å². The molecule has 67 heavy (non-hydrogen) atoms. The van der Waals surface area contributed by atoms with Gasteiger partial charge in [-0.3, -0.25) is 0 Å². The molecule has 0 fully saturated rings. The van der Waals surface area contributed by atoms with Gasteiger partial charge in [-0.25, -0.2) is 16.8 Å². The van der Waals surface area contributed by atoms with Crippen LogP contribution < -0.4 is 93.1 Å². The Morgan fingerprint density at radius 2 is 0.881 bits per heavy atom. The molecule has 23 nitrogen and oxygen atoms in total. The summed E-state index contributed by atoms with van der Waals surface area (Å²) in [6.45, 7) is 4.50. The third-order valence-electron chi connectivity index (χ3n) is 8.61. The van der Waals surface area contributed by atoms with E-state index < -0.39 is 63.6 Å². The minimum atomic E-state index is -5.39. The number of rotatable bonds is 14. The normalized spacial score (nSPS) is 12.8. The first-order chi connectivity index (χ1) is 30.6. The van der Waals surface area contributed by atoms with Crippen LogP contribution in [0.1, 0.15) is 13.8 Å². The fourth-order valence-corrected chi connectivity index (χ4v) is 6.84. The van der Waals surface area contributed by atoms with Gasteiger partial charge in [0.25, 0.3) is 0 Å². The van der Waals surface area contributed by atoms with Crippen molar-refractivity contribution in [3.63, 3.8) is 0 Å². The van der Waals surface area contributed by atoms with Crippen LogP contribution in [0.2, 0.25) is 0 Å². The first-order valence-corrected chi connectivity index (χ1v) is 21.7. The number of aliphatic hydroxyl groups is 2. The van der Waals surface area contributed by atoms with Crippen LogP contribution in [0, 0.1) is 0 Å². The predicted molar refractivity (Wildman–Crippen MR) is 242 cm³/mol. The second-order valence-electron chi connectivity index (χ2n) is 14.0. The minimum absolute atomic E-state index is 0. The van der Waals surface area contributed by atoms with Crippen molar-refractivity contribution in [2.45, 2.75) is 35.8 Å². The van der Waals surface area contributed by atoms with Gasteiger partial charge in [0.1, 0.15) is 43.0 Å². The van der Waals surface area contributed by atoms with E-state index in [0.717, 1.165) is 0 Å². The number of nitrogens with one attached hydrogen (secondary N) is 1. The number of hydrogen-bond acceptors (Lipinski definition) is 23. The number of aromatic hydroxyl groups is 1. The number of nitrogens with zero attached hydrogens (tertiary/aromatic N) is 8. The van der Waals surface area contributed by atoms with Gasteiger partial charge in [0.05, 0.1) is 67.2 Å². The molecule has 2 atom stereocenters. The van der Waals surface area contributed by atoms with Gasteiger partial charge in [-0.05, 0) is 116 Å². The Kier molecular flexibility index (Phi) is 20.4. The van der Waals surface area contributed by atoms with Crippen molar-refractivity contribution < 1.29 is 100 Å². The number of nitrogen functional groups attached to an aromatic ring is 5. The van der Waals surface area contributed by atoms with Crippen LogP contribution >= 0.6 is 0 Å². The molecule has 0 aliphatic carbocycles. The summed E-state index contributed by atoms with van der Waals surface area (Å²) in [5.41, 5.74) is 30.7. The van der Waals surface area contributed by atoms with E-state index in [1.807, 2.05) is 0 Å². The SMILES string of the molecule is CC(O)CNCC(C)O.Nc1ccc(N=Nc2ccc(N=Nc3c(S(=O)(=O)[O-])cc4cc(S(=O)(=O)[O-])c(N=Nc5ccc(N=Nc6ccc(N)cc6N)cc5)c(O)c4c3N)cc2)c(N)c1.[Na+].[Na+]. The van der Waals surface area contributed by atoms with Crippen molar-refractivity contribution in [3.8, 4) is 5.75 Å². The van der Waals surface area contributed by atoms with Gasteiger partial charge in [-0.1, -0.05) is 0 Å². The van der Waals surface area contributed by atoms with Gasteiger partial charge in [0.15, 0.2) is 5.75 Å². The number of azo groups is 4. The van der Waals surface area contributed by atoms with Gasteiger partial charge >= 0.3 is 59.1 Å². The standard InChI is InChI=1S/C34H29N13O7S2.C6H15NO2.2Na/c35-18-1-11-26(24(37)15-18)44-40-20-3-7-22(8-4-20)42-46-32-28(55(49,50)51)13-17-14-29(56(52,53)54)33(34(48)30(17)31(32)39)47-43-23-9-5-21(6-10-23)41-45-27-12-2-19(36)16-25(27)38;1-5(8)3-7-4-6(2)9;;/h1-16,48H,35-39H2,(H,49,50,51)(H,52,53,54);5-9H,3-4H2,1-2H3;;/q;;2*+1/p-2. The van der Waals surface area contributed by atoms with Crippen LogP contribution in [-0.4, -0.2) is 66.6 Å². The summed E-state index contributed by atoms with van der Waals surface area (Å²) in [7, 11) is -10.7. The number of hydrogen-bond donors (Lipinski definition) is 9.